The highest BCUT2D eigenvalue weighted by atomic mass is 16.4. The van der Waals surface area contributed by atoms with Gasteiger partial charge in [0, 0.05) is 13.1 Å². The van der Waals surface area contributed by atoms with Crippen molar-refractivity contribution in [2.45, 2.75) is 44.1 Å². The number of carbonyl (C=O) groups excluding carboxylic acids is 1. The van der Waals surface area contributed by atoms with Crippen LogP contribution in [0.15, 0.2) is 0 Å². The number of rotatable bonds is 4. The number of carbonyl (C=O) groups is 2. The first-order valence-electron chi connectivity index (χ1n) is 6.36. The van der Waals surface area contributed by atoms with Crippen LogP contribution in [0.3, 0.4) is 0 Å². The van der Waals surface area contributed by atoms with Gasteiger partial charge in [0.25, 0.3) is 0 Å². The van der Waals surface area contributed by atoms with E-state index in [0.29, 0.717) is 0 Å². The normalized spacial score (nSPS) is 23.8. The van der Waals surface area contributed by atoms with E-state index in [1.165, 1.54) is 0 Å². The van der Waals surface area contributed by atoms with E-state index in [9.17, 15) is 9.59 Å². The Morgan fingerprint density at radius 1 is 1.24 bits per heavy atom. The molecule has 0 aromatic rings. The number of nitrogens with one attached hydrogen (secondary N) is 2. The van der Waals surface area contributed by atoms with Gasteiger partial charge in [-0.3, -0.25) is 9.59 Å². The SMILES string of the molecule is O=C(O)CC1(NC(=O)C2CNC2)CCCCC1. The lowest BCUT2D eigenvalue weighted by Gasteiger charge is -2.39. The lowest BCUT2D eigenvalue weighted by atomic mass is 9.78. The zero-order valence-electron chi connectivity index (χ0n) is 10.00. The van der Waals surface area contributed by atoms with Crippen molar-refractivity contribution in [1.82, 2.24) is 10.6 Å². The highest BCUT2D eigenvalue weighted by molar-refractivity contribution is 5.81. The quantitative estimate of drug-likeness (QED) is 0.668. The van der Waals surface area contributed by atoms with Crippen molar-refractivity contribution in [2.75, 3.05) is 13.1 Å². The molecule has 0 spiro atoms. The van der Waals surface area contributed by atoms with Gasteiger partial charge in [0.15, 0.2) is 0 Å². The zero-order chi connectivity index (χ0) is 12.3. The number of hydrogen-bond acceptors (Lipinski definition) is 3. The molecule has 96 valence electrons. The second kappa shape index (κ2) is 5.04. The summed E-state index contributed by atoms with van der Waals surface area (Å²) in [6.45, 7) is 1.43. The van der Waals surface area contributed by atoms with Gasteiger partial charge in [0.2, 0.25) is 5.91 Å². The monoisotopic (exact) mass is 240 g/mol. The van der Waals surface area contributed by atoms with Crippen molar-refractivity contribution in [1.29, 1.82) is 0 Å². The topological polar surface area (TPSA) is 78.4 Å². The molecule has 1 aliphatic heterocycles. The second-order valence-electron chi connectivity index (χ2n) is 5.26. The third kappa shape index (κ3) is 2.97. The smallest absolute Gasteiger partial charge is 0.305 e. The first-order valence-corrected chi connectivity index (χ1v) is 6.36. The molecule has 1 saturated heterocycles. The number of aliphatic carboxylic acids is 1. The molecule has 0 aromatic heterocycles. The summed E-state index contributed by atoms with van der Waals surface area (Å²) in [7, 11) is 0. The predicted molar refractivity (Wildman–Crippen MR) is 62.6 cm³/mol. The summed E-state index contributed by atoms with van der Waals surface area (Å²) in [6, 6.07) is 0. The molecule has 3 N–H and O–H groups in total. The maximum atomic E-state index is 11.9. The van der Waals surface area contributed by atoms with Crippen molar-refractivity contribution in [3.05, 3.63) is 0 Å². The Labute approximate surface area is 101 Å². The highest BCUT2D eigenvalue weighted by Crippen LogP contribution is 2.31. The molecule has 1 aliphatic carbocycles. The summed E-state index contributed by atoms with van der Waals surface area (Å²) in [5, 5.41) is 15.1. The van der Waals surface area contributed by atoms with Crippen molar-refractivity contribution in [2.24, 2.45) is 5.92 Å². The van der Waals surface area contributed by atoms with E-state index in [0.717, 1.165) is 45.2 Å². The Bertz CT molecular complexity index is 307. The molecule has 1 saturated carbocycles. The third-order valence-corrected chi connectivity index (χ3v) is 3.84. The number of amides is 1. The highest BCUT2D eigenvalue weighted by Gasteiger charge is 2.38. The lowest BCUT2D eigenvalue weighted by molar-refractivity contribution is -0.140. The van der Waals surface area contributed by atoms with Crippen LogP contribution in [0.5, 0.6) is 0 Å². The van der Waals surface area contributed by atoms with Crippen LogP contribution < -0.4 is 10.6 Å². The molecule has 1 amide bonds. The first kappa shape index (κ1) is 12.4. The van der Waals surface area contributed by atoms with Gasteiger partial charge in [-0.25, -0.2) is 0 Å². The minimum absolute atomic E-state index is 0.0203. The molecule has 5 nitrogen and oxygen atoms in total. The molecule has 1 heterocycles. The van der Waals surface area contributed by atoms with E-state index >= 15 is 0 Å². The van der Waals surface area contributed by atoms with Crippen LogP contribution in [0.4, 0.5) is 0 Å². The van der Waals surface area contributed by atoms with Gasteiger partial charge in [0.1, 0.15) is 0 Å². The minimum Gasteiger partial charge on any atom is -0.481 e. The summed E-state index contributed by atoms with van der Waals surface area (Å²) < 4.78 is 0. The van der Waals surface area contributed by atoms with Crippen molar-refractivity contribution >= 4 is 11.9 Å². The van der Waals surface area contributed by atoms with E-state index in [4.69, 9.17) is 5.11 Å². The average Bonchev–Trinajstić information content (AvgIpc) is 2.13. The van der Waals surface area contributed by atoms with E-state index in [2.05, 4.69) is 10.6 Å². The van der Waals surface area contributed by atoms with Gasteiger partial charge in [0.05, 0.1) is 17.9 Å². The van der Waals surface area contributed by atoms with E-state index in [1.807, 2.05) is 0 Å². The molecule has 0 atom stereocenters. The van der Waals surface area contributed by atoms with E-state index < -0.39 is 11.5 Å². The van der Waals surface area contributed by atoms with Gasteiger partial charge < -0.3 is 15.7 Å². The molecule has 0 radical (unpaired) electrons. The summed E-state index contributed by atoms with van der Waals surface area (Å²) >= 11 is 0. The Balaban J connectivity index is 1.98. The van der Waals surface area contributed by atoms with Crippen molar-refractivity contribution in [3.8, 4) is 0 Å². The summed E-state index contributed by atoms with van der Waals surface area (Å²) in [5.74, 6) is -0.770. The molecule has 2 rings (SSSR count). The largest absolute Gasteiger partial charge is 0.481 e. The molecule has 2 aliphatic rings. The predicted octanol–water partition coefficient (Wildman–Crippen LogP) is 0.500. The molecule has 17 heavy (non-hydrogen) atoms. The van der Waals surface area contributed by atoms with Crippen molar-refractivity contribution < 1.29 is 14.7 Å². The van der Waals surface area contributed by atoms with E-state index in [-0.39, 0.29) is 18.2 Å². The molecule has 5 heteroatoms. The van der Waals surface area contributed by atoms with Gasteiger partial charge in [-0.1, -0.05) is 19.3 Å². The van der Waals surface area contributed by atoms with Crippen LogP contribution >= 0.6 is 0 Å². The Hall–Kier alpha value is -1.10. The Morgan fingerprint density at radius 3 is 2.35 bits per heavy atom. The van der Waals surface area contributed by atoms with Crippen LogP contribution in [-0.2, 0) is 9.59 Å². The van der Waals surface area contributed by atoms with Gasteiger partial charge in [-0.15, -0.1) is 0 Å². The fraction of sp³-hybridized carbons (Fsp3) is 0.833. The van der Waals surface area contributed by atoms with Gasteiger partial charge in [-0.2, -0.15) is 0 Å². The lowest BCUT2D eigenvalue weighted by Crippen LogP contribution is -2.58. The molecule has 0 unspecified atom stereocenters. The Morgan fingerprint density at radius 2 is 1.88 bits per heavy atom. The zero-order valence-corrected chi connectivity index (χ0v) is 10.00. The number of carboxylic acid groups (broad SMARTS) is 1. The molecular formula is C12H20N2O3. The third-order valence-electron chi connectivity index (χ3n) is 3.84. The minimum atomic E-state index is -0.820. The average molecular weight is 240 g/mol. The second-order valence-corrected chi connectivity index (χ2v) is 5.26. The summed E-state index contributed by atoms with van der Waals surface area (Å²) in [6.07, 6.45) is 4.81. The Kier molecular flexibility index (Phi) is 3.66. The van der Waals surface area contributed by atoms with Crippen LogP contribution in [-0.4, -0.2) is 35.6 Å². The molecule has 0 aromatic carbocycles. The van der Waals surface area contributed by atoms with E-state index in [1.54, 1.807) is 0 Å². The van der Waals surface area contributed by atoms with Gasteiger partial charge in [-0.05, 0) is 12.8 Å². The number of hydrogen-bond donors (Lipinski definition) is 3. The fourth-order valence-corrected chi connectivity index (χ4v) is 2.70. The van der Waals surface area contributed by atoms with Crippen molar-refractivity contribution in [3.63, 3.8) is 0 Å². The van der Waals surface area contributed by atoms with Crippen LogP contribution in [0.2, 0.25) is 0 Å². The maximum Gasteiger partial charge on any atom is 0.305 e. The van der Waals surface area contributed by atoms with Gasteiger partial charge >= 0.3 is 5.97 Å². The fourth-order valence-electron chi connectivity index (χ4n) is 2.70. The summed E-state index contributed by atoms with van der Waals surface area (Å²) in [5.41, 5.74) is -0.489. The number of carboxylic acids is 1. The van der Waals surface area contributed by atoms with Crippen LogP contribution in [0.1, 0.15) is 38.5 Å². The maximum absolute atomic E-state index is 11.9. The summed E-state index contributed by atoms with van der Waals surface area (Å²) in [4.78, 5) is 22.9. The molecular weight excluding hydrogens is 220 g/mol. The molecule has 0 bridgehead atoms. The molecule has 2 fully saturated rings. The standard InChI is InChI=1S/C12H20N2O3/c15-10(16)6-12(4-2-1-3-5-12)14-11(17)9-7-13-8-9/h9,13H,1-8H2,(H,14,17)(H,15,16). The van der Waals surface area contributed by atoms with Crippen LogP contribution in [0, 0.1) is 5.92 Å². The van der Waals surface area contributed by atoms with Crippen LogP contribution in [0.25, 0.3) is 0 Å². The first-order chi connectivity index (χ1) is 8.11.